The fourth-order valence-electron chi connectivity index (χ4n) is 1.40. The Morgan fingerprint density at radius 2 is 1.65 bits per heavy atom. The first-order valence-corrected chi connectivity index (χ1v) is 5.42. The predicted octanol–water partition coefficient (Wildman–Crippen LogP) is 1.15. The number of nitrogens with zero attached hydrogens (tertiary/aromatic N) is 2. The lowest BCUT2D eigenvalue weighted by molar-refractivity contribution is -0.137. The highest BCUT2D eigenvalue weighted by Gasteiger charge is 2.27. The molecule has 17 heavy (non-hydrogen) atoms. The Morgan fingerprint density at radius 1 is 1.12 bits per heavy atom. The Morgan fingerprint density at radius 3 is 2.06 bits per heavy atom. The zero-order valence-electron chi connectivity index (χ0n) is 10.3. The van der Waals surface area contributed by atoms with Crippen LogP contribution in [-0.4, -0.2) is 59.1 Å². The highest BCUT2D eigenvalue weighted by atomic mass is 16.8. The van der Waals surface area contributed by atoms with E-state index in [9.17, 15) is 9.59 Å². The molecule has 0 atom stereocenters. The maximum absolute atomic E-state index is 11.7. The zero-order chi connectivity index (χ0) is 13.1. The quantitative estimate of drug-likeness (QED) is 0.747. The molecule has 7 nitrogen and oxygen atoms in total. The zero-order valence-corrected chi connectivity index (χ0v) is 10.3. The molecule has 7 heteroatoms. The molecule has 0 aromatic carbocycles. The third-order valence-corrected chi connectivity index (χ3v) is 2.10. The van der Waals surface area contributed by atoms with Crippen molar-refractivity contribution in [3.05, 3.63) is 0 Å². The van der Waals surface area contributed by atoms with Crippen LogP contribution in [0, 0.1) is 0 Å². The number of hydroxylamine groups is 2. The van der Waals surface area contributed by atoms with E-state index in [4.69, 9.17) is 9.84 Å². The van der Waals surface area contributed by atoms with Gasteiger partial charge in [-0.3, -0.25) is 0 Å². The summed E-state index contributed by atoms with van der Waals surface area (Å²) in [4.78, 5) is 28.0. The largest absolute Gasteiger partial charge is 0.525 e. The van der Waals surface area contributed by atoms with E-state index < -0.39 is 11.8 Å². The van der Waals surface area contributed by atoms with Crippen molar-refractivity contribution < 1.29 is 24.3 Å². The van der Waals surface area contributed by atoms with Crippen molar-refractivity contribution >= 4 is 12.2 Å². The van der Waals surface area contributed by atoms with Gasteiger partial charge in [0.05, 0.1) is 13.1 Å². The van der Waals surface area contributed by atoms with E-state index in [0.717, 1.165) is 0 Å². The second-order valence-corrected chi connectivity index (χ2v) is 4.75. The Labute approximate surface area is 99.8 Å². The van der Waals surface area contributed by atoms with Crippen molar-refractivity contribution in [2.75, 3.05) is 26.2 Å². The summed E-state index contributed by atoms with van der Waals surface area (Å²) in [6, 6.07) is 0. The van der Waals surface area contributed by atoms with E-state index in [2.05, 4.69) is 4.84 Å². The Kier molecular flexibility index (Phi) is 4.17. The van der Waals surface area contributed by atoms with Gasteiger partial charge >= 0.3 is 12.2 Å². The molecule has 0 spiro atoms. The van der Waals surface area contributed by atoms with Crippen LogP contribution in [0.2, 0.25) is 0 Å². The monoisotopic (exact) mass is 246 g/mol. The van der Waals surface area contributed by atoms with Crippen LogP contribution in [0.25, 0.3) is 0 Å². The van der Waals surface area contributed by atoms with E-state index in [-0.39, 0.29) is 6.09 Å². The number of carbonyl (C=O) groups is 2. The van der Waals surface area contributed by atoms with Gasteiger partial charge in [-0.25, -0.2) is 9.59 Å². The number of carbonyl (C=O) groups excluding carboxylic acids is 1. The summed E-state index contributed by atoms with van der Waals surface area (Å²) in [6.07, 6.45) is -1.72. The van der Waals surface area contributed by atoms with Crippen LogP contribution in [-0.2, 0) is 9.57 Å². The SMILES string of the molecule is CC(C)(C)OC(=O)N1CCN(OC(=O)O)CC1. The minimum Gasteiger partial charge on any atom is -0.448 e. The van der Waals surface area contributed by atoms with Crippen molar-refractivity contribution in [3.63, 3.8) is 0 Å². The van der Waals surface area contributed by atoms with E-state index in [1.807, 2.05) is 0 Å². The molecule has 0 unspecified atom stereocenters. The van der Waals surface area contributed by atoms with Gasteiger partial charge in [0.15, 0.2) is 0 Å². The maximum Gasteiger partial charge on any atom is 0.525 e. The Balaban J connectivity index is 2.36. The van der Waals surface area contributed by atoms with Gasteiger partial charge in [0.25, 0.3) is 0 Å². The Hall–Kier alpha value is -1.50. The van der Waals surface area contributed by atoms with Gasteiger partial charge in [-0.1, -0.05) is 0 Å². The molecule has 1 aliphatic rings. The average molecular weight is 246 g/mol. The van der Waals surface area contributed by atoms with Crippen molar-refractivity contribution in [1.82, 2.24) is 9.96 Å². The molecule has 98 valence electrons. The molecule has 1 N–H and O–H groups in total. The number of hydrogen-bond donors (Lipinski definition) is 1. The van der Waals surface area contributed by atoms with E-state index in [1.54, 1.807) is 20.8 Å². The molecule has 0 aliphatic carbocycles. The van der Waals surface area contributed by atoms with Crippen LogP contribution >= 0.6 is 0 Å². The van der Waals surface area contributed by atoms with Crippen LogP contribution < -0.4 is 0 Å². The topological polar surface area (TPSA) is 79.3 Å². The maximum atomic E-state index is 11.7. The standard InChI is InChI=1S/C10H18N2O5/c1-10(2,3)16-8(13)11-4-6-12(7-5-11)17-9(14)15/h4-7H2,1-3H3,(H,14,15). The van der Waals surface area contributed by atoms with E-state index >= 15 is 0 Å². The van der Waals surface area contributed by atoms with Gasteiger partial charge in [0.1, 0.15) is 5.60 Å². The van der Waals surface area contributed by atoms with E-state index in [0.29, 0.717) is 26.2 Å². The first kappa shape index (κ1) is 13.6. The lowest BCUT2D eigenvalue weighted by Gasteiger charge is -2.33. The molecule has 0 saturated carbocycles. The summed E-state index contributed by atoms with van der Waals surface area (Å²) in [5, 5.41) is 9.73. The first-order chi connectivity index (χ1) is 7.78. The number of carboxylic acid groups (broad SMARTS) is 1. The smallest absolute Gasteiger partial charge is 0.448 e. The second-order valence-electron chi connectivity index (χ2n) is 4.75. The third-order valence-electron chi connectivity index (χ3n) is 2.10. The molecular weight excluding hydrogens is 228 g/mol. The fourth-order valence-corrected chi connectivity index (χ4v) is 1.40. The van der Waals surface area contributed by atoms with Gasteiger partial charge in [0, 0.05) is 13.1 Å². The van der Waals surface area contributed by atoms with Crippen molar-refractivity contribution in [2.45, 2.75) is 26.4 Å². The summed E-state index contributed by atoms with van der Waals surface area (Å²) in [5.41, 5.74) is -0.522. The van der Waals surface area contributed by atoms with Crippen LogP contribution in [0.5, 0.6) is 0 Å². The van der Waals surface area contributed by atoms with Crippen LogP contribution in [0.3, 0.4) is 0 Å². The van der Waals surface area contributed by atoms with Crippen LogP contribution in [0.15, 0.2) is 0 Å². The molecule has 0 aromatic heterocycles. The highest BCUT2D eigenvalue weighted by molar-refractivity contribution is 5.68. The summed E-state index contributed by atoms with van der Waals surface area (Å²) < 4.78 is 5.20. The number of rotatable bonds is 1. The Bertz CT molecular complexity index is 292. The number of hydrogen-bond acceptors (Lipinski definition) is 5. The minimum absolute atomic E-state index is 0.353. The second kappa shape index (κ2) is 5.22. The van der Waals surface area contributed by atoms with Crippen LogP contribution in [0.1, 0.15) is 20.8 Å². The lowest BCUT2D eigenvalue weighted by atomic mass is 10.2. The molecule has 0 bridgehead atoms. The average Bonchev–Trinajstić information content (AvgIpc) is 2.15. The summed E-state index contributed by atoms with van der Waals surface area (Å²) in [6.45, 7) is 6.89. The van der Waals surface area contributed by atoms with E-state index in [1.165, 1.54) is 9.96 Å². The van der Waals surface area contributed by atoms with Gasteiger partial charge in [-0.15, -0.1) is 5.06 Å². The summed E-state index contributed by atoms with van der Waals surface area (Å²) in [5.74, 6) is 0. The summed E-state index contributed by atoms with van der Waals surface area (Å²) in [7, 11) is 0. The molecule has 1 amide bonds. The van der Waals surface area contributed by atoms with Crippen molar-refractivity contribution in [2.24, 2.45) is 0 Å². The molecule has 1 saturated heterocycles. The predicted molar refractivity (Wildman–Crippen MR) is 58.5 cm³/mol. The van der Waals surface area contributed by atoms with Crippen LogP contribution in [0.4, 0.5) is 9.59 Å². The molecule has 1 fully saturated rings. The number of piperazine rings is 1. The highest BCUT2D eigenvalue weighted by Crippen LogP contribution is 2.11. The lowest BCUT2D eigenvalue weighted by Crippen LogP contribution is -2.50. The van der Waals surface area contributed by atoms with Gasteiger partial charge in [-0.2, -0.15) is 0 Å². The fraction of sp³-hybridized carbons (Fsp3) is 0.800. The number of ether oxygens (including phenoxy) is 1. The normalized spacial score (nSPS) is 17.7. The molecule has 0 radical (unpaired) electrons. The number of amides is 1. The van der Waals surface area contributed by atoms with Crippen molar-refractivity contribution in [3.8, 4) is 0 Å². The van der Waals surface area contributed by atoms with Crippen molar-refractivity contribution in [1.29, 1.82) is 0 Å². The minimum atomic E-state index is -1.34. The first-order valence-electron chi connectivity index (χ1n) is 5.42. The molecular formula is C10H18N2O5. The third kappa shape index (κ3) is 4.90. The van der Waals surface area contributed by atoms with Gasteiger partial charge < -0.3 is 19.6 Å². The molecule has 1 rings (SSSR count). The van der Waals surface area contributed by atoms with Gasteiger partial charge in [-0.05, 0) is 20.8 Å². The van der Waals surface area contributed by atoms with Gasteiger partial charge in [0.2, 0.25) is 0 Å². The summed E-state index contributed by atoms with van der Waals surface area (Å²) >= 11 is 0. The molecule has 1 aliphatic heterocycles. The molecule has 1 heterocycles. The molecule has 0 aromatic rings.